The molecule has 4 heterocycles. The summed E-state index contributed by atoms with van der Waals surface area (Å²) in [5.41, 5.74) is 1.17. The molecule has 36 heavy (non-hydrogen) atoms. The van der Waals surface area contributed by atoms with Crippen molar-refractivity contribution in [1.29, 1.82) is 10.5 Å². The van der Waals surface area contributed by atoms with Crippen LogP contribution in [0, 0.1) is 34.3 Å². The zero-order chi connectivity index (χ0) is 25.4. The van der Waals surface area contributed by atoms with Crippen molar-refractivity contribution in [1.82, 2.24) is 29.7 Å². The Labute approximate surface area is 203 Å². The van der Waals surface area contributed by atoms with Crippen molar-refractivity contribution in [2.24, 2.45) is 12.1 Å². The Morgan fingerprint density at radius 2 is 1.97 bits per heavy atom. The van der Waals surface area contributed by atoms with E-state index < -0.39 is 29.8 Å². The quantitative estimate of drug-likeness (QED) is 0.549. The number of aryl methyl sites for hydroxylation is 1. The number of likely N-dealkylation sites (tertiary alicyclic amines) is 1. The molecule has 0 saturated carbocycles. The van der Waals surface area contributed by atoms with Crippen LogP contribution >= 0.6 is 0 Å². The normalized spacial score (nSPS) is 17.0. The lowest BCUT2D eigenvalue weighted by Gasteiger charge is -2.40. The minimum absolute atomic E-state index is 0.0799. The highest BCUT2D eigenvalue weighted by Crippen LogP contribution is 2.32. The molecule has 2 aliphatic rings. The number of benzene rings is 1. The molecule has 3 aromatic rings. The van der Waals surface area contributed by atoms with Gasteiger partial charge in [0.15, 0.2) is 5.82 Å². The molecule has 0 aliphatic carbocycles. The second kappa shape index (κ2) is 9.03. The number of ether oxygens (including phenoxy) is 1. The number of rotatable bonds is 4. The fraction of sp³-hybridized carbons (Fsp3) is 0.261. The fourth-order valence-corrected chi connectivity index (χ4v) is 4.05. The zero-order valence-corrected chi connectivity index (χ0v) is 18.8. The summed E-state index contributed by atoms with van der Waals surface area (Å²) in [5, 5.41) is 27.7. The SMILES string of the molecule is Cn1ncc(C#N)c1-c1ncc(F)c(OC2CN(C(=O)N3N=CC[C@H]3c3cc(F)cc(C#N)c3)C2)n1. The summed E-state index contributed by atoms with van der Waals surface area (Å²) in [7, 11) is 1.61. The molecule has 180 valence electrons. The van der Waals surface area contributed by atoms with Crippen LogP contribution in [-0.4, -0.2) is 61.1 Å². The second-order valence-corrected chi connectivity index (χ2v) is 8.20. The topological polar surface area (TPSA) is 136 Å². The third-order valence-corrected chi connectivity index (χ3v) is 5.84. The van der Waals surface area contributed by atoms with E-state index in [1.807, 2.05) is 12.1 Å². The Bertz CT molecular complexity index is 1470. The molecule has 11 nitrogen and oxygen atoms in total. The van der Waals surface area contributed by atoms with Gasteiger partial charge in [0.05, 0.1) is 43.2 Å². The van der Waals surface area contributed by atoms with E-state index in [0.29, 0.717) is 17.7 Å². The van der Waals surface area contributed by atoms with E-state index >= 15 is 0 Å². The minimum atomic E-state index is -0.784. The van der Waals surface area contributed by atoms with Gasteiger partial charge in [-0.2, -0.15) is 30.1 Å². The summed E-state index contributed by atoms with van der Waals surface area (Å²) in [6, 6.07) is 6.85. The molecule has 2 aliphatic heterocycles. The van der Waals surface area contributed by atoms with Gasteiger partial charge in [0.25, 0.3) is 5.88 Å². The number of urea groups is 1. The average molecular weight is 489 g/mol. The monoisotopic (exact) mass is 489 g/mol. The maximum absolute atomic E-state index is 14.4. The highest BCUT2D eigenvalue weighted by molar-refractivity contribution is 5.79. The van der Waals surface area contributed by atoms with E-state index in [-0.39, 0.29) is 35.9 Å². The van der Waals surface area contributed by atoms with Crippen molar-refractivity contribution in [3.63, 3.8) is 0 Å². The third-order valence-electron chi connectivity index (χ3n) is 5.84. The minimum Gasteiger partial charge on any atom is -0.468 e. The van der Waals surface area contributed by atoms with Gasteiger partial charge >= 0.3 is 6.03 Å². The van der Waals surface area contributed by atoms with Crippen LogP contribution in [0.5, 0.6) is 5.88 Å². The number of aromatic nitrogens is 4. The van der Waals surface area contributed by atoms with Gasteiger partial charge in [-0.15, -0.1) is 0 Å². The van der Waals surface area contributed by atoms with Crippen LogP contribution in [0.25, 0.3) is 11.5 Å². The fourth-order valence-electron chi connectivity index (χ4n) is 4.05. The number of hydrazone groups is 1. The first-order chi connectivity index (χ1) is 17.4. The Morgan fingerprint density at radius 1 is 1.17 bits per heavy atom. The standard InChI is InChI=1S/C23H17F2N9O2/c1-32-20(15(8-27)9-30-32)21-28-10-18(25)22(31-21)36-17-11-33(12-17)23(35)34-19(2-3-29-34)14-4-13(7-26)5-16(24)6-14/h3-6,9-10,17,19H,2,11-12H2,1H3/t19-/m0/s1. The summed E-state index contributed by atoms with van der Waals surface area (Å²) >= 11 is 0. The van der Waals surface area contributed by atoms with E-state index in [9.17, 15) is 18.8 Å². The van der Waals surface area contributed by atoms with Crippen LogP contribution in [0.4, 0.5) is 13.6 Å². The number of amides is 2. The zero-order valence-electron chi connectivity index (χ0n) is 18.8. The number of carbonyl (C=O) groups excluding carboxylic acids is 1. The van der Waals surface area contributed by atoms with E-state index in [1.165, 1.54) is 32.9 Å². The molecule has 0 radical (unpaired) electrons. The van der Waals surface area contributed by atoms with Crippen LogP contribution in [-0.2, 0) is 7.05 Å². The maximum Gasteiger partial charge on any atom is 0.341 e. The van der Waals surface area contributed by atoms with Crippen LogP contribution < -0.4 is 4.74 Å². The maximum atomic E-state index is 14.4. The summed E-state index contributed by atoms with van der Waals surface area (Å²) in [6.45, 7) is 0.302. The summed E-state index contributed by atoms with van der Waals surface area (Å²) < 4.78 is 35.3. The molecule has 1 fully saturated rings. The van der Waals surface area contributed by atoms with Crippen molar-refractivity contribution in [3.8, 4) is 29.5 Å². The van der Waals surface area contributed by atoms with Crippen LogP contribution in [0.3, 0.4) is 0 Å². The number of hydrogen-bond acceptors (Lipinski definition) is 8. The van der Waals surface area contributed by atoms with E-state index in [4.69, 9.17) is 10.00 Å². The highest BCUT2D eigenvalue weighted by atomic mass is 19.1. The van der Waals surface area contributed by atoms with Crippen molar-refractivity contribution < 1.29 is 18.3 Å². The largest absolute Gasteiger partial charge is 0.468 e. The van der Waals surface area contributed by atoms with E-state index in [0.717, 1.165) is 12.3 Å². The molecule has 0 spiro atoms. The molecule has 5 rings (SSSR count). The van der Waals surface area contributed by atoms with Gasteiger partial charge in [0.1, 0.15) is 29.2 Å². The molecular formula is C23H17F2N9O2. The van der Waals surface area contributed by atoms with Crippen LogP contribution in [0.1, 0.15) is 29.2 Å². The van der Waals surface area contributed by atoms with Gasteiger partial charge in [-0.3, -0.25) is 4.68 Å². The second-order valence-electron chi connectivity index (χ2n) is 8.20. The molecular weight excluding hydrogens is 472 g/mol. The first-order valence-corrected chi connectivity index (χ1v) is 10.8. The molecule has 13 heteroatoms. The van der Waals surface area contributed by atoms with Gasteiger partial charge in [-0.1, -0.05) is 0 Å². The lowest BCUT2D eigenvalue weighted by molar-refractivity contribution is 0.0230. The van der Waals surface area contributed by atoms with Crippen molar-refractivity contribution in [2.45, 2.75) is 18.6 Å². The van der Waals surface area contributed by atoms with E-state index in [1.54, 1.807) is 13.3 Å². The molecule has 1 saturated heterocycles. The molecule has 0 N–H and O–H groups in total. The predicted octanol–water partition coefficient (Wildman–Crippen LogP) is 2.51. The average Bonchev–Trinajstić information content (AvgIpc) is 3.48. The first-order valence-electron chi connectivity index (χ1n) is 10.8. The van der Waals surface area contributed by atoms with Crippen molar-refractivity contribution >= 4 is 12.2 Å². The highest BCUT2D eigenvalue weighted by Gasteiger charge is 2.39. The van der Waals surface area contributed by atoms with Crippen LogP contribution in [0.2, 0.25) is 0 Å². The number of hydrogen-bond donors (Lipinski definition) is 0. The van der Waals surface area contributed by atoms with Gasteiger partial charge in [-0.05, 0) is 23.8 Å². The Morgan fingerprint density at radius 3 is 2.72 bits per heavy atom. The molecule has 0 unspecified atom stereocenters. The van der Waals surface area contributed by atoms with Crippen molar-refractivity contribution in [2.75, 3.05) is 13.1 Å². The number of nitriles is 2. The van der Waals surface area contributed by atoms with Crippen molar-refractivity contribution in [3.05, 3.63) is 58.9 Å². The Kier molecular flexibility index (Phi) is 5.74. The van der Waals surface area contributed by atoms with Crippen LogP contribution in [0.15, 0.2) is 35.7 Å². The Hall–Kier alpha value is -4.91. The molecule has 2 aromatic heterocycles. The van der Waals surface area contributed by atoms with Gasteiger partial charge < -0.3 is 9.64 Å². The molecule has 0 bridgehead atoms. The number of halogens is 2. The number of carbonyl (C=O) groups is 1. The summed E-state index contributed by atoms with van der Waals surface area (Å²) in [6.07, 6.45) is 3.71. The smallest absolute Gasteiger partial charge is 0.341 e. The van der Waals surface area contributed by atoms with Gasteiger partial charge in [0.2, 0.25) is 5.82 Å². The lowest BCUT2D eigenvalue weighted by atomic mass is 10.0. The summed E-state index contributed by atoms with van der Waals surface area (Å²) in [5.74, 6) is -1.58. The first kappa shape index (κ1) is 22.9. The Balaban J connectivity index is 1.26. The summed E-state index contributed by atoms with van der Waals surface area (Å²) in [4.78, 5) is 22.5. The van der Waals surface area contributed by atoms with E-state index in [2.05, 4.69) is 20.2 Å². The predicted molar refractivity (Wildman–Crippen MR) is 119 cm³/mol. The van der Waals surface area contributed by atoms with Gasteiger partial charge in [0, 0.05) is 19.7 Å². The third kappa shape index (κ3) is 4.07. The molecule has 2 amide bonds. The van der Waals surface area contributed by atoms with Gasteiger partial charge in [-0.25, -0.2) is 19.2 Å². The molecule has 1 atom stereocenters. The molecule has 1 aromatic carbocycles. The lowest BCUT2D eigenvalue weighted by Crippen LogP contribution is -2.59. The number of nitrogens with zero attached hydrogens (tertiary/aromatic N) is 9.